The molecule has 9 nitrogen and oxygen atoms in total. The number of nitrogens with zero attached hydrogens (tertiary/aromatic N) is 4. The number of alkyl halides is 3. The standard InChI is InChI=1S/C27H25F4N5O4S/c1-26(2,3)40-24(37)35-19(8-15-4-7-21(32-11-15)27(29,30)31)14-36(25(38)39)23-34-13-20(41-23)16-5-6-17-12-33-22(28)10-18(17)9-16/h4-7,9-13,19H,8,14H2,1-3H3,(H,35,37)(H,38,39)/t19-/m0/s1. The maximum absolute atomic E-state index is 13.6. The summed E-state index contributed by atoms with van der Waals surface area (Å²) < 4.78 is 57.8. The summed E-state index contributed by atoms with van der Waals surface area (Å²) in [6, 6.07) is 7.65. The van der Waals surface area contributed by atoms with Gasteiger partial charge in [0.15, 0.2) is 5.13 Å². The number of amides is 2. The zero-order valence-corrected chi connectivity index (χ0v) is 22.9. The molecule has 4 rings (SSSR count). The summed E-state index contributed by atoms with van der Waals surface area (Å²) >= 11 is 1.06. The number of pyridine rings is 2. The molecule has 4 aromatic rings. The largest absolute Gasteiger partial charge is 0.465 e. The summed E-state index contributed by atoms with van der Waals surface area (Å²) in [5.41, 5.74) is -0.910. The Bertz CT molecular complexity index is 1550. The molecule has 0 saturated carbocycles. The second kappa shape index (κ2) is 11.6. The number of carbonyl (C=O) groups is 2. The fourth-order valence-electron chi connectivity index (χ4n) is 3.88. The molecule has 0 saturated heterocycles. The van der Waals surface area contributed by atoms with Gasteiger partial charge in [-0.3, -0.25) is 9.88 Å². The van der Waals surface area contributed by atoms with E-state index in [9.17, 15) is 32.3 Å². The van der Waals surface area contributed by atoms with E-state index in [0.717, 1.165) is 33.9 Å². The molecule has 14 heteroatoms. The summed E-state index contributed by atoms with van der Waals surface area (Å²) in [5, 5.41) is 14.0. The highest BCUT2D eigenvalue weighted by Gasteiger charge is 2.32. The highest BCUT2D eigenvalue weighted by atomic mass is 32.1. The van der Waals surface area contributed by atoms with Crippen LogP contribution in [0.2, 0.25) is 0 Å². The minimum atomic E-state index is -4.62. The van der Waals surface area contributed by atoms with Crippen LogP contribution in [0.15, 0.2) is 55.0 Å². The molecule has 41 heavy (non-hydrogen) atoms. The van der Waals surface area contributed by atoms with E-state index in [0.29, 0.717) is 21.4 Å². The third kappa shape index (κ3) is 7.87. The summed E-state index contributed by atoms with van der Waals surface area (Å²) in [6.45, 7) is 4.66. The van der Waals surface area contributed by atoms with Crippen LogP contribution in [-0.2, 0) is 17.3 Å². The van der Waals surface area contributed by atoms with Gasteiger partial charge in [0, 0.05) is 30.0 Å². The average molecular weight is 592 g/mol. The van der Waals surface area contributed by atoms with E-state index in [1.54, 1.807) is 39.0 Å². The average Bonchev–Trinajstić information content (AvgIpc) is 3.35. The minimum absolute atomic E-state index is 0.0450. The van der Waals surface area contributed by atoms with Crippen molar-refractivity contribution in [3.05, 3.63) is 72.2 Å². The molecule has 2 N–H and O–H groups in total. The number of hydrogen-bond acceptors (Lipinski definition) is 7. The molecule has 0 fully saturated rings. The Kier molecular flexibility index (Phi) is 8.42. The van der Waals surface area contributed by atoms with Crippen LogP contribution >= 0.6 is 11.3 Å². The molecule has 3 heterocycles. The fraction of sp³-hybridized carbons (Fsp3) is 0.296. The number of benzene rings is 1. The number of carboxylic acid groups (broad SMARTS) is 1. The zero-order chi connectivity index (χ0) is 29.9. The van der Waals surface area contributed by atoms with Crippen LogP contribution in [0, 0.1) is 5.95 Å². The number of thiazole rings is 1. The SMILES string of the molecule is CC(C)(C)OC(=O)N[C@@H](Cc1ccc(C(F)(F)F)nc1)CN(C(=O)O)c1ncc(-c2ccc3cnc(F)cc3c2)s1. The molecule has 216 valence electrons. The lowest BCUT2D eigenvalue weighted by molar-refractivity contribution is -0.141. The van der Waals surface area contributed by atoms with E-state index in [1.807, 2.05) is 0 Å². The number of alkyl carbamates (subject to hydrolysis) is 1. The Morgan fingerprint density at radius 1 is 1.02 bits per heavy atom. The summed E-state index contributed by atoms with van der Waals surface area (Å²) in [7, 11) is 0. The summed E-state index contributed by atoms with van der Waals surface area (Å²) in [4.78, 5) is 37.7. The Morgan fingerprint density at radius 3 is 2.41 bits per heavy atom. The molecule has 1 aromatic carbocycles. The van der Waals surface area contributed by atoms with Crippen molar-refractivity contribution in [1.82, 2.24) is 20.3 Å². The normalized spacial score (nSPS) is 12.7. The topological polar surface area (TPSA) is 118 Å². The minimum Gasteiger partial charge on any atom is -0.465 e. The van der Waals surface area contributed by atoms with Gasteiger partial charge < -0.3 is 15.2 Å². The van der Waals surface area contributed by atoms with Crippen LogP contribution < -0.4 is 10.2 Å². The number of ether oxygens (including phenoxy) is 1. The van der Waals surface area contributed by atoms with Crippen molar-refractivity contribution in [3.8, 4) is 10.4 Å². The van der Waals surface area contributed by atoms with Gasteiger partial charge in [0.25, 0.3) is 0 Å². The number of rotatable bonds is 7. The second-order valence-electron chi connectivity index (χ2n) is 10.1. The van der Waals surface area contributed by atoms with Gasteiger partial charge in [-0.1, -0.05) is 29.5 Å². The van der Waals surface area contributed by atoms with Gasteiger partial charge >= 0.3 is 18.4 Å². The van der Waals surface area contributed by atoms with Crippen LogP contribution in [0.25, 0.3) is 21.2 Å². The quantitative estimate of drug-likeness (QED) is 0.185. The maximum Gasteiger partial charge on any atom is 0.433 e. The molecule has 0 spiro atoms. The third-order valence-electron chi connectivity index (χ3n) is 5.65. The molecule has 0 radical (unpaired) electrons. The number of fused-ring (bicyclic) bond motifs is 1. The maximum atomic E-state index is 13.6. The van der Waals surface area contributed by atoms with Gasteiger partial charge in [-0.05, 0) is 55.8 Å². The number of aromatic nitrogens is 3. The van der Waals surface area contributed by atoms with Crippen molar-refractivity contribution in [1.29, 1.82) is 0 Å². The first-order chi connectivity index (χ1) is 19.2. The lowest BCUT2D eigenvalue weighted by Gasteiger charge is -2.26. The van der Waals surface area contributed by atoms with E-state index in [1.165, 1.54) is 24.5 Å². The molecule has 2 amide bonds. The van der Waals surface area contributed by atoms with Crippen molar-refractivity contribution in [3.63, 3.8) is 0 Å². The molecular weight excluding hydrogens is 566 g/mol. The summed E-state index contributed by atoms with van der Waals surface area (Å²) in [5.74, 6) is -0.636. The van der Waals surface area contributed by atoms with E-state index in [4.69, 9.17) is 4.74 Å². The van der Waals surface area contributed by atoms with E-state index in [2.05, 4.69) is 20.3 Å². The van der Waals surface area contributed by atoms with Crippen LogP contribution in [0.1, 0.15) is 32.0 Å². The highest BCUT2D eigenvalue weighted by Crippen LogP contribution is 2.33. The van der Waals surface area contributed by atoms with E-state index < -0.39 is 41.6 Å². The van der Waals surface area contributed by atoms with Crippen LogP contribution in [-0.4, -0.2) is 50.4 Å². The second-order valence-corrected chi connectivity index (χ2v) is 11.1. The lowest BCUT2D eigenvalue weighted by Crippen LogP contribution is -2.48. The summed E-state index contributed by atoms with van der Waals surface area (Å²) in [6.07, 6.45) is -2.95. The van der Waals surface area contributed by atoms with Gasteiger partial charge in [-0.15, -0.1) is 0 Å². The predicted molar refractivity (Wildman–Crippen MR) is 144 cm³/mol. The van der Waals surface area contributed by atoms with Gasteiger partial charge in [0.1, 0.15) is 11.3 Å². The first-order valence-corrected chi connectivity index (χ1v) is 13.0. The molecular formula is C27H25F4N5O4S. The molecule has 0 unspecified atom stereocenters. The fourth-order valence-corrected chi connectivity index (χ4v) is 4.80. The van der Waals surface area contributed by atoms with Crippen molar-refractivity contribution in [2.75, 3.05) is 11.4 Å². The first kappa shape index (κ1) is 29.6. The van der Waals surface area contributed by atoms with E-state index in [-0.39, 0.29) is 18.1 Å². The number of nitrogens with one attached hydrogen (secondary N) is 1. The molecule has 0 aliphatic carbocycles. The van der Waals surface area contributed by atoms with Crippen LogP contribution in [0.4, 0.5) is 32.3 Å². The van der Waals surface area contributed by atoms with Crippen molar-refractivity contribution in [2.45, 2.75) is 45.0 Å². The van der Waals surface area contributed by atoms with Crippen LogP contribution in [0.3, 0.4) is 0 Å². The monoisotopic (exact) mass is 591 g/mol. The molecule has 0 aliphatic heterocycles. The smallest absolute Gasteiger partial charge is 0.433 e. The molecule has 1 atom stereocenters. The molecule has 0 bridgehead atoms. The Balaban J connectivity index is 1.59. The van der Waals surface area contributed by atoms with Gasteiger partial charge in [0.05, 0.1) is 17.5 Å². The van der Waals surface area contributed by atoms with Gasteiger partial charge in [0.2, 0.25) is 5.95 Å². The molecule has 0 aliphatic rings. The Morgan fingerprint density at radius 2 is 1.78 bits per heavy atom. The van der Waals surface area contributed by atoms with Gasteiger partial charge in [-0.25, -0.2) is 19.6 Å². The van der Waals surface area contributed by atoms with Crippen LogP contribution in [0.5, 0.6) is 0 Å². The van der Waals surface area contributed by atoms with Gasteiger partial charge in [-0.2, -0.15) is 17.6 Å². The third-order valence-corrected chi connectivity index (χ3v) is 6.72. The van der Waals surface area contributed by atoms with Crippen molar-refractivity contribution < 1.29 is 37.0 Å². The van der Waals surface area contributed by atoms with Crippen molar-refractivity contribution in [2.24, 2.45) is 0 Å². The predicted octanol–water partition coefficient (Wildman–Crippen LogP) is 6.53. The zero-order valence-electron chi connectivity index (χ0n) is 22.1. The highest BCUT2D eigenvalue weighted by molar-refractivity contribution is 7.19. The lowest BCUT2D eigenvalue weighted by atomic mass is 10.1. The first-order valence-electron chi connectivity index (χ1n) is 12.2. The Hall–Kier alpha value is -4.33. The van der Waals surface area contributed by atoms with E-state index >= 15 is 0 Å². The number of hydrogen-bond donors (Lipinski definition) is 2. The number of halogens is 4. The Labute approximate surface area is 235 Å². The molecule has 3 aromatic heterocycles. The number of carbonyl (C=O) groups excluding carboxylic acids is 1. The van der Waals surface area contributed by atoms with Crippen molar-refractivity contribution >= 4 is 39.4 Å². The number of anilines is 1.